The molecule has 0 bridgehead atoms. The number of H-pyrrole nitrogens is 2. The molecule has 0 aliphatic heterocycles. The van der Waals surface area contributed by atoms with Crippen molar-refractivity contribution in [2.75, 3.05) is 0 Å². The molecule has 2 aromatic rings. The van der Waals surface area contributed by atoms with E-state index in [9.17, 15) is 0 Å². The molecular weight excluding hydrogens is 160 g/mol. The molecule has 0 saturated carbocycles. The fraction of sp³-hybridized carbons (Fsp3) is 0.167. The van der Waals surface area contributed by atoms with E-state index in [2.05, 4.69) is 20.2 Å². The summed E-state index contributed by atoms with van der Waals surface area (Å²) in [4.78, 5) is 6.83. The first-order valence-corrected chi connectivity index (χ1v) is 3.58. The van der Waals surface area contributed by atoms with Gasteiger partial charge in [0.15, 0.2) is 5.65 Å². The minimum absolute atomic E-state index is 0.588. The van der Waals surface area contributed by atoms with Gasteiger partial charge in [0.2, 0.25) is 0 Å². The summed E-state index contributed by atoms with van der Waals surface area (Å²) < 4.78 is 0.588. The molecule has 0 amide bonds. The number of rotatable bonds is 0. The quantitative estimate of drug-likeness (QED) is 0.580. The van der Waals surface area contributed by atoms with Gasteiger partial charge >= 0.3 is 0 Å². The summed E-state index contributed by atoms with van der Waals surface area (Å²) >= 11 is 5.00. The summed E-state index contributed by atoms with van der Waals surface area (Å²) in [6.07, 6.45) is 1.55. The second-order valence-electron chi connectivity index (χ2n) is 2.28. The summed E-state index contributed by atoms with van der Waals surface area (Å²) in [5.74, 6) is 0. The van der Waals surface area contributed by atoms with Crippen molar-refractivity contribution in [2.45, 2.75) is 6.92 Å². The van der Waals surface area contributed by atoms with Crippen molar-refractivity contribution in [1.29, 1.82) is 0 Å². The molecule has 2 rings (SSSR count). The lowest BCUT2D eigenvalue weighted by Gasteiger charge is -1.86. The van der Waals surface area contributed by atoms with Gasteiger partial charge in [0.05, 0.1) is 11.7 Å². The molecule has 11 heavy (non-hydrogen) atoms. The predicted octanol–water partition coefficient (Wildman–Crippen LogP) is 1.32. The van der Waals surface area contributed by atoms with Gasteiger partial charge in [-0.15, -0.1) is 0 Å². The highest BCUT2D eigenvalue weighted by Crippen LogP contribution is 2.11. The molecule has 0 unspecified atom stereocenters. The normalized spacial score (nSPS) is 10.6. The van der Waals surface area contributed by atoms with Crippen LogP contribution in [0, 0.1) is 11.6 Å². The molecule has 5 heteroatoms. The Morgan fingerprint density at radius 2 is 2.36 bits per heavy atom. The predicted molar refractivity (Wildman–Crippen MR) is 43.8 cm³/mol. The van der Waals surface area contributed by atoms with Crippen molar-refractivity contribution in [2.24, 2.45) is 0 Å². The number of aromatic nitrogens is 4. The van der Waals surface area contributed by atoms with Gasteiger partial charge in [0.1, 0.15) is 4.64 Å². The van der Waals surface area contributed by atoms with E-state index in [0.29, 0.717) is 4.64 Å². The molecule has 4 nitrogen and oxygen atoms in total. The number of hydrogen-bond acceptors (Lipinski definition) is 3. The molecule has 2 heterocycles. The van der Waals surface area contributed by atoms with Crippen LogP contribution in [-0.2, 0) is 0 Å². The largest absolute Gasteiger partial charge is 0.329 e. The van der Waals surface area contributed by atoms with E-state index < -0.39 is 0 Å². The number of fused-ring (bicyclic) bond motifs is 1. The molecule has 0 aliphatic carbocycles. The molecule has 0 atom stereocenters. The fourth-order valence-electron chi connectivity index (χ4n) is 1.01. The van der Waals surface area contributed by atoms with E-state index in [0.717, 1.165) is 16.7 Å². The van der Waals surface area contributed by atoms with Gasteiger partial charge in [0.25, 0.3) is 0 Å². The topological polar surface area (TPSA) is 57.4 Å². The lowest BCUT2D eigenvalue weighted by Crippen LogP contribution is -1.80. The average Bonchev–Trinajstić information content (AvgIpc) is 2.34. The highest BCUT2D eigenvalue weighted by Gasteiger charge is 2.01. The van der Waals surface area contributed by atoms with Crippen molar-refractivity contribution in [3.05, 3.63) is 16.7 Å². The van der Waals surface area contributed by atoms with Crippen LogP contribution in [-0.4, -0.2) is 20.2 Å². The van der Waals surface area contributed by atoms with Crippen LogP contribution in [0.25, 0.3) is 11.0 Å². The number of hydrogen-bond donors (Lipinski definition) is 2. The molecule has 0 aliphatic rings. The zero-order chi connectivity index (χ0) is 7.84. The van der Waals surface area contributed by atoms with Gasteiger partial charge in [-0.1, -0.05) is 12.2 Å². The third-order valence-corrected chi connectivity index (χ3v) is 1.85. The summed E-state index contributed by atoms with van der Waals surface area (Å²) in [6.45, 7) is 1.92. The van der Waals surface area contributed by atoms with Gasteiger partial charge in [-0.25, -0.2) is 4.98 Å². The molecule has 0 fully saturated rings. The minimum atomic E-state index is 0.588. The van der Waals surface area contributed by atoms with Crippen molar-refractivity contribution < 1.29 is 0 Å². The van der Waals surface area contributed by atoms with Crippen LogP contribution in [0.5, 0.6) is 0 Å². The summed E-state index contributed by atoms with van der Waals surface area (Å²) in [5.41, 5.74) is 1.72. The Morgan fingerprint density at radius 3 is 3.09 bits per heavy atom. The van der Waals surface area contributed by atoms with Crippen molar-refractivity contribution in [3.8, 4) is 0 Å². The van der Waals surface area contributed by atoms with E-state index in [4.69, 9.17) is 12.2 Å². The smallest absolute Gasteiger partial charge is 0.163 e. The van der Waals surface area contributed by atoms with Crippen LogP contribution in [0.2, 0.25) is 0 Å². The van der Waals surface area contributed by atoms with Crippen LogP contribution in [0.3, 0.4) is 0 Å². The van der Waals surface area contributed by atoms with Gasteiger partial charge in [-0.05, 0) is 6.92 Å². The maximum Gasteiger partial charge on any atom is 0.163 e. The van der Waals surface area contributed by atoms with E-state index in [1.807, 2.05) is 6.92 Å². The van der Waals surface area contributed by atoms with Crippen molar-refractivity contribution in [3.63, 3.8) is 0 Å². The number of aryl methyl sites for hydroxylation is 1. The summed E-state index contributed by atoms with van der Waals surface area (Å²) in [5, 5.41) is 7.73. The fourth-order valence-corrected chi connectivity index (χ4v) is 1.31. The van der Waals surface area contributed by atoms with E-state index in [1.54, 1.807) is 6.33 Å². The minimum Gasteiger partial charge on any atom is -0.329 e. The van der Waals surface area contributed by atoms with Gasteiger partial charge < -0.3 is 4.98 Å². The lowest BCUT2D eigenvalue weighted by molar-refractivity contribution is 1.05. The maximum absolute atomic E-state index is 5.00. The molecule has 0 aromatic carbocycles. The Balaban J connectivity index is 3.08. The van der Waals surface area contributed by atoms with E-state index >= 15 is 0 Å². The Hall–Kier alpha value is -1.23. The molecule has 2 aromatic heterocycles. The third-order valence-electron chi connectivity index (χ3n) is 1.54. The van der Waals surface area contributed by atoms with Gasteiger partial charge in [-0.3, -0.25) is 5.10 Å². The average molecular weight is 166 g/mol. The first-order valence-electron chi connectivity index (χ1n) is 3.17. The van der Waals surface area contributed by atoms with E-state index in [1.165, 1.54) is 0 Å². The number of aromatic amines is 2. The standard InChI is InChI=1S/C6H6N4S/c1-3-4-5(10-9-3)7-2-8-6(4)11/h2H,1H3,(H2,7,8,9,10,11). The Kier molecular flexibility index (Phi) is 1.25. The third kappa shape index (κ3) is 0.848. The van der Waals surface area contributed by atoms with Gasteiger partial charge in [0, 0.05) is 5.69 Å². The first-order chi connectivity index (χ1) is 5.29. The monoisotopic (exact) mass is 166 g/mol. The second kappa shape index (κ2) is 2.13. The van der Waals surface area contributed by atoms with Crippen LogP contribution in [0.15, 0.2) is 6.33 Å². The maximum atomic E-state index is 5.00. The zero-order valence-electron chi connectivity index (χ0n) is 5.88. The zero-order valence-corrected chi connectivity index (χ0v) is 6.70. The SMILES string of the molecule is Cc1[nH]nc2[nH]cnc(=S)c12. The number of nitrogens with zero attached hydrogens (tertiary/aromatic N) is 2. The Morgan fingerprint density at radius 1 is 1.55 bits per heavy atom. The molecule has 2 N–H and O–H groups in total. The second-order valence-corrected chi connectivity index (χ2v) is 2.67. The summed E-state index contributed by atoms with van der Waals surface area (Å²) in [7, 11) is 0. The molecule has 0 radical (unpaired) electrons. The van der Waals surface area contributed by atoms with Crippen molar-refractivity contribution in [1.82, 2.24) is 20.2 Å². The highest BCUT2D eigenvalue weighted by molar-refractivity contribution is 7.71. The molecule has 0 saturated heterocycles. The van der Waals surface area contributed by atoms with Crippen molar-refractivity contribution >= 4 is 23.3 Å². The summed E-state index contributed by atoms with van der Waals surface area (Å²) in [6, 6.07) is 0. The lowest BCUT2D eigenvalue weighted by atomic mass is 10.3. The first kappa shape index (κ1) is 6.48. The van der Waals surface area contributed by atoms with Crippen LogP contribution < -0.4 is 0 Å². The number of nitrogens with one attached hydrogen (secondary N) is 2. The van der Waals surface area contributed by atoms with E-state index in [-0.39, 0.29) is 0 Å². The highest BCUT2D eigenvalue weighted by atomic mass is 32.1. The molecule has 0 spiro atoms. The van der Waals surface area contributed by atoms with Crippen LogP contribution in [0.4, 0.5) is 0 Å². The Labute approximate surface area is 67.7 Å². The van der Waals surface area contributed by atoms with Gasteiger partial charge in [-0.2, -0.15) is 5.10 Å². The van der Waals surface area contributed by atoms with Crippen LogP contribution >= 0.6 is 12.2 Å². The molecular formula is C6H6N4S. The van der Waals surface area contributed by atoms with Crippen LogP contribution in [0.1, 0.15) is 5.69 Å². The Bertz CT molecular complexity index is 441. The molecule has 56 valence electrons.